The van der Waals surface area contributed by atoms with Crippen LogP contribution in [-0.2, 0) is 0 Å². The van der Waals surface area contributed by atoms with E-state index in [9.17, 15) is 0 Å². The van der Waals surface area contributed by atoms with Crippen molar-refractivity contribution in [1.29, 1.82) is 0 Å². The molecule has 0 aromatic rings. The van der Waals surface area contributed by atoms with E-state index in [0.29, 0.717) is 5.57 Å². The summed E-state index contributed by atoms with van der Waals surface area (Å²) in [5.41, 5.74) is 0.619. The summed E-state index contributed by atoms with van der Waals surface area (Å²) in [6.45, 7) is 5.80. The molecule has 0 saturated heterocycles. The molecule has 0 aliphatic heterocycles. The molecule has 0 bridgehead atoms. The zero-order chi connectivity index (χ0) is 9.94. The number of rotatable bonds is 6. The number of hydrogen-bond donors (Lipinski definition) is 1. The Morgan fingerprint density at radius 3 is 2.54 bits per heavy atom. The fraction of sp³-hybridized carbons (Fsp3) is 0.667. The third-order valence-electron chi connectivity index (χ3n) is 1.86. The van der Waals surface area contributed by atoms with Crippen LogP contribution in [0.15, 0.2) is 12.2 Å². The van der Waals surface area contributed by atoms with E-state index in [0.717, 1.165) is 6.42 Å². The van der Waals surface area contributed by atoms with Gasteiger partial charge in [-0.1, -0.05) is 51.0 Å². The SMILES string of the molecule is C=C(C#CCCCCCCC)CO. The van der Waals surface area contributed by atoms with Crippen LogP contribution < -0.4 is 0 Å². The molecule has 0 atom stereocenters. The van der Waals surface area contributed by atoms with Gasteiger partial charge in [0.15, 0.2) is 0 Å². The van der Waals surface area contributed by atoms with Gasteiger partial charge in [0.2, 0.25) is 0 Å². The first-order chi connectivity index (χ1) is 6.31. The van der Waals surface area contributed by atoms with Gasteiger partial charge < -0.3 is 5.11 Å². The van der Waals surface area contributed by atoms with Crippen molar-refractivity contribution in [1.82, 2.24) is 0 Å². The molecule has 0 amide bonds. The fourth-order valence-corrected chi connectivity index (χ4v) is 1.04. The van der Waals surface area contributed by atoms with Crippen molar-refractivity contribution in [2.75, 3.05) is 6.61 Å². The van der Waals surface area contributed by atoms with E-state index in [1.807, 2.05) is 0 Å². The average molecular weight is 180 g/mol. The molecule has 0 spiro atoms. The number of hydrogen-bond acceptors (Lipinski definition) is 1. The number of aliphatic hydroxyl groups is 1. The quantitative estimate of drug-likeness (QED) is 0.492. The number of unbranched alkanes of at least 4 members (excludes halogenated alkanes) is 5. The predicted molar refractivity (Wildman–Crippen MR) is 57.4 cm³/mol. The van der Waals surface area contributed by atoms with E-state index in [1.165, 1.54) is 32.1 Å². The summed E-state index contributed by atoms with van der Waals surface area (Å²) in [7, 11) is 0. The fourth-order valence-electron chi connectivity index (χ4n) is 1.04. The second kappa shape index (κ2) is 9.35. The molecule has 0 unspecified atom stereocenters. The minimum absolute atomic E-state index is 0.0111. The molecular formula is C12H20O. The first-order valence-electron chi connectivity index (χ1n) is 5.08. The molecule has 0 aromatic carbocycles. The molecular weight excluding hydrogens is 160 g/mol. The van der Waals surface area contributed by atoms with Crippen molar-refractivity contribution in [3.63, 3.8) is 0 Å². The van der Waals surface area contributed by atoms with Crippen LogP contribution in [0, 0.1) is 11.8 Å². The molecule has 0 fully saturated rings. The summed E-state index contributed by atoms with van der Waals surface area (Å²) in [4.78, 5) is 0. The van der Waals surface area contributed by atoms with E-state index in [1.54, 1.807) is 0 Å². The maximum atomic E-state index is 8.61. The van der Waals surface area contributed by atoms with Crippen LogP contribution in [0.1, 0.15) is 45.4 Å². The van der Waals surface area contributed by atoms with Gasteiger partial charge in [-0.05, 0) is 6.42 Å². The Labute approximate surface area is 81.9 Å². The average Bonchev–Trinajstić information content (AvgIpc) is 2.16. The Morgan fingerprint density at radius 1 is 1.23 bits per heavy atom. The Hall–Kier alpha value is -0.740. The molecule has 74 valence electrons. The van der Waals surface area contributed by atoms with Gasteiger partial charge in [0.1, 0.15) is 0 Å². The van der Waals surface area contributed by atoms with Gasteiger partial charge in [0, 0.05) is 12.0 Å². The highest BCUT2D eigenvalue weighted by molar-refractivity contribution is 5.25. The van der Waals surface area contributed by atoms with E-state index in [2.05, 4.69) is 25.3 Å². The highest BCUT2D eigenvalue weighted by atomic mass is 16.3. The zero-order valence-corrected chi connectivity index (χ0v) is 8.60. The maximum absolute atomic E-state index is 8.61. The summed E-state index contributed by atoms with van der Waals surface area (Å²) < 4.78 is 0. The van der Waals surface area contributed by atoms with Crippen molar-refractivity contribution in [3.05, 3.63) is 12.2 Å². The van der Waals surface area contributed by atoms with E-state index in [4.69, 9.17) is 5.11 Å². The molecule has 13 heavy (non-hydrogen) atoms. The Kier molecular flexibility index (Phi) is 8.82. The standard InChI is InChI=1S/C12H20O/c1-3-4-5-6-7-8-9-10-12(2)11-13/h13H,2-8,11H2,1H3. The Bertz CT molecular complexity index is 183. The lowest BCUT2D eigenvalue weighted by molar-refractivity contribution is 0.336. The third kappa shape index (κ3) is 9.17. The van der Waals surface area contributed by atoms with Crippen LogP contribution in [-0.4, -0.2) is 11.7 Å². The second-order valence-corrected chi connectivity index (χ2v) is 3.23. The molecule has 0 aliphatic carbocycles. The second-order valence-electron chi connectivity index (χ2n) is 3.23. The van der Waals surface area contributed by atoms with Gasteiger partial charge in [0.05, 0.1) is 6.61 Å². The van der Waals surface area contributed by atoms with Gasteiger partial charge in [-0.15, -0.1) is 0 Å². The van der Waals surface area contributed by atoms with Gasteiger partial charge in [0.25, 0.3) is 0 Å². The molecule has 0 aromatic heterocycles. The normalized spacial score (nSPS) is 9.08. The maximum Gasteiger partial charge on any atom is 0.0754 e. The minimum atomic E-state index is -0.0111. The molecule has 0 saturated carbocycles. The first-order valence-corrected chi connectivity index (χ1v) is 5.08. The first kappa shape index (κ1) is 12.3. The lowest BCUT2D eigenvalue weighted by Gasteiger charge is -1.94. The molecule has 1 N–H and O–H groups in total. The molecule has 0 radical (unpaired) electrons. The van der Waals surface area contributed by atoms with Gasteiger partial charge in [-0.3, -0.25) is 0 Å². The minimum Gasteiger partial charge on any atom is -0.391 e. The Balaban J connectivity index is 3.23. The molecule has 1 heteroatoms. The molecule has 0 heterocycles. The van der Waals surface area contributed by atoms with Crippen molar-refractivity contribution in [3.8, 4) is 11.8 Å². The van der Waals surface area contributed by atoms with Crippen LogP contribution in [0.3, 0.4) is 0 Å². The lowest BCUT2D eigenvalue weighted by Crippen LogP contribution is -1.82. The molecule has 0 aliphatic rings. The van der Waals surface area contributed by atoms with Crippen LogP contribution in [0.5, 0.6) is 0 Å². The van der Waals surface area contributed by atoms with Crippen molar-refractivity contribution >= 4 is 0 Å². The lowest BCUT2D eigenvalue weighted by atomic mass is 10.1. The van der Waals surface area contributed by atoms with Crippen molar-refractivity contribution in [2.45, 2.75) is 45.4 Å². The predicted octanol–water partition coefficient (Wildman–Crippen LogP) is 2.90. The highest BCUT2D eigenvalue weighted by Gasteiger charge is 1.86. The number of aliphatic hydroxyl groups excluding tert-OH is 1. The third-order valence-corrected chi connectivity index (χ3v) is 1.86. The smallest absolute Gasteiger partial charge is 0.0754 e. The van der Waals surface area contributed by atoms with E-state index >= 15 is 0 Å². The van der Waals surface area contributed by atoms with Crippen molar-refractivity contribution < 1.29 is 5.11 Å². The van der Waals surface area contributed by atoms with Gasteiger partial charge >= 0.3 is 0 Å². The van der Waals surface area contributed by atoms with E-state index < -0.39 is 0 Å². The van der Waals surface area contributed by atoms with E-state index in [-0.39, 0.29) is 6.61 Å². The summed E-state index contributed by atoms with van der Waals surface area (Å²) >= 11 is 0. The van der Waals surface area contributed by atoms with Crippen LogP contribution in [0.4, 0.5) is 0 Å². The van der Waals surface area contributed by atoms with Crippen LogP contribution in [0.2, 0.25) is 0 Å². The summed E-state index contributed by atoms with van der Waals surface area (Å²) in [5.74, 6) is 5.83. The van der Waals surface area contributed by atoms with Crippen molar-refractivity contribution in [2.24, 2.45) is 0 Å². The van der Waals surface area contributed by atoms with Crippen LogP contribution >= 0.6 is 0 Å². The largest absolute Gasteiger partial charge is 0.391 e. The molecule has 0 rings (SSSR count). The molecule has 1 nitrogen and oxygen atoms in total. The van der Waals surface area contributed by atoms with Gasteiger partial charge in [-0.2, -0.15) is 0 Å². The Morgan fingerprint density at radius 2 is 1.92 bits per heavy atom. The topological polar surface area (TPSA) is 20.2 Å². The summed E-state index contributed by atoms with van der Waals surface area (Å²) in [6, 6.07) is 0. The summed E-state index contributed by atoms with van der Waals surface area (Å²) in [5, 5.41) is 8.61. The highest BCUT2D eigenvalue weighted by Crippen LogP contribution is 2.03. The van der Waals surface area contributed by atoms with Gasteiger partial charge in [-0.25, -0.2) is 0 Å². The van der Waals surface area contributed by atoms with Crippen LogP contribution in [0.25, 0.3) is 0 Å². The zero-order valence-electron chi connectivity index (χ0n) is 8.60. The monoisotopic (exact) mass is 180 g/mol. The summed E-state index contributed by atoms with van der Waals surface area (Å²) in [6.07, 6.45) is 7.31.